The van der Waals surface area contributed by atoms with E-state index in [1.807, 2.05) is 29.2 Å². The van der Waals surface area contributed by atoms with Crippen LogP contribution in [0, 0.1) is 5.92 Å². The average molecular weight is 488 g/mol. The molecule has 3 heterocycles. The van der Waals surface area contributed by atoms with Crippen LogP contribution in [0.3, 0.4) is 0 Å². The molecule has 0 radical (unpaired) electrons. The Hall–Kier alpha value is -4.07. The molecule has 36 heavy (non-hydrogen) atoms. The van der Waals surface area contributed by atoms with Gasteiger partial charge in [-0.3, -0.25) is 14.4 Å². The first kappa shape index (κ1) is 23.7. The quantitative estimate of drug-likeness (QED) is 0.576. The molecule has 8 nitrogen and oxygen atoms in total. The Morgan fingerprint density at radius 3 is 2.22 bits per heavy atom. The van der Waals surface area contributed by atoms with Crippen molar-refractivity contribution in [1.82, 2.24) is 9.47 Å². The number of methoxy groups -OCH3 is 2. The smallest absolute Gasteiger partial charge is 0.253 e. The number of ether oxygens (including phenoxy) is 2. The third-order valence-electron chi connectivity index (χ3n) is 7.01. The minimum Gasteiger partial charge on any atom is -0.497 e. The van der Waals surface area contributed by atoms with Crippen molar-refractivity contribution in [2.24, 2.45) is 5.92 Å². The van der Waals surface area contributed by atoms with Crippen LogP contribution in [-0.4, -0.2) is 48.6 Å². The second-order valence-corrected chi connectivity index (χ2v) is 9.39. The standard InChI is InChI=1S/C28H29N3O5/c1-35-22-7-3-18(4-8-22)14-25(32)29-24-11-12-26(33)31-16-19-13-21(27(24)31)17-30(15-19)28(34)20-5-9-23(36-2)10-6-20/h3-12,19,21H,13-17H2,1-2H3,(H,29,32)/t19-,21-/m0/s1. The Morgan fingerprint density at radius 1 is 0.889 bits per heavy atom. The third-order valence-corrected chi connectivity index (χ3v) is 7.01. The number of rotatable bonds is 6. The molecule has 2 aromatic carbocycles. The summed E-state index contributed by atoms with van der Waals surface area (Å²) in [6.45, 7) is 1.62. The molecule has 0 unspecified atom stereocenters. The van der Waals surface area contributed by atoms with Crippen molar-refractivity contribution in [2.75, 3.05) is 32.6 Å². The zero-order valence-corrected chi connectivity index (χ0v) is 20.4. The van der Waals surface area contributed by atoms with E-state index in [0.717, 1.165) is 23.4 Å². The highest BCUT2D eigenvalue weighted by Gasteiger charge is 2.38. The summed E-state index contributed by atoms with van der Waals surface area (Å²) in [5.74, 6) is 1.38. The van der Waals surface area contributed by atoms with Crippen LogP contribution in [0.1, 0.15) is 34.0 Å². The molecule has 0 spiro atoms. The number of aromatic nitrogens is 1. The summed E-state index contributed by atoms with van der Waals surface area (Å²) in [5.41, 5.74) is 2.82. The molecule has 2 atom stereocenters. The molecule has 5 rings (SSSR count). The van der Waals surface area contributed by atoms with Gasteiger partial charge in [-0.15, -0.1) is 0 Å². The van der Waals surface area contributed by atoms with Gasteiger partial charge in [0.15, 0.2) is 0 Å². The summed E-state index contributed by atoms with van der Waals surface area (Å²) in [4.78, 5) is 40.7. The van der Waals surface area contributed by atoms with Crippen LogP contribution in [0.15, 0.2) is 65.5 Å². The maximum Gasteiger partial charge on any atom is 0.253 e. The van der Waals surface area contributed by atoms with Gasteiger partial charge in [-0.25, -0.2) is 0 Å². The lowest BCUT2D eigenvalue weighted by Crippen LogP contribution is -2.49. The summed E-state index contributed by atoms with van der Waals surface area (Å²) in [7, 11) is 3.19. The minimum absolute atomic E-state index is 0.0371. The van der Waals surface area contributed by atoms with E-state index in [0.29, 0.717) is 36.6 Å². The Balaban J connectivity index is 1.36. The van der Waals surface area contributed by atoms with Gasteiger partial charge in [0.2, 0.25) is 5.91 Å². The molecule has 2 bridgehead atoms. The number of nitrogens with one attached hydrogen (secondary N) is 1. The van der Waals surface area contributed by atoms with Crippen LogP contribution in [0.25, 0.3) is 0 Å². The van der Waals surface area contributed by atoms with Gasteiger partial charge in [0, 0.05) is 42.9 Å². The van der Waals surface area contributed by atoms with Gasteiger partial charge < -0.3 is 24.3 Å². The maximum atomic E-state index is 13.3. The Bertz CT molecular complexity index is 1330. The first-order chi connectivity index (χ1) is 17.4. The highest BCUT2D eigenvalue weighted by atomic mass is 16.5. The third kappa shape index (κ3) is 4.71. The summed E-state index contributed by atoms with van der Waals surface area (Å²) >= 11 is 0. The number of fused-ring (bicyclic) bond motifs is 4. The van der Waals surface area contributed by atoms with Crippen molar-refractivity contribution in [3.8, 4) is 11.5 Å². The summed E-state index contributed by atoms with van der Waals surface area (Å²) in [6.07, 6.45) is 1.08. The van der Waals surface area contributed by atoms with Gasteiger partial charge in [0.05, 0.1) is 26.3 Å². The number of piperidine rings is 1. The molecule has 8 heteroatoms. The number of carbonyl (C=O) groups excluding carboxylic acids is 2. The SMILES string of the molecule is COc1ccc(CC(=O)Nc2ccc(=O)n3c2[C@H]2C[C@@H](CN(C(=O)c4ccc(OC)cc4)C2)C3)cc1. The zero-order chi connectivity index (χ0) is 25.2. The van der Waals surface area contributed by atoms with Gasteiger partial charge in [-0.2, -0.15) is 0 Å². The number of benzene rings is 2. The van der Waals surface area contributed by atoms with Crippen molar-refractivity contribution in [3.05, 3.63) is 87.8 Å². The number of carbonyl (C=O) groups is 2. The number of hydrogen-bond acceptors (Lipinski definition) is 5. The molecule has 2 amide bonds. The van der Waals surface area contributed by atoms with Crippen LogP contribution >= 0.6 is 0 Å². The topological polar surface area (TPSA) is 89.9 Å². The van der Waals surface area contributed by atoms with Crippen LogP contribution in [0.5, 0.6) is 11.5 Å². The molecule has 2 aliphatic heterocycles. The number of pyridine rings is 1. The van der Waals surface area contributed by atoms with Crippen LogP contribution in [0.4, 0.5) is 5.69 Å². The largest absolute Gasteiger partial charge is 0.497 e. The van der Waals surface area contributed by atoms with E-state index in [1.165, 1.54) is 6.07 Å². The van der Waals surface area contributed by atoms with Crippen LogP contribution < -0.4 is 20.3 Å². The first-order valence-electron chi connectivity index (χ1n) is 12.0. The lowest BCUT2D eigenvalue weighted by Gasteiger charge is -2.43. The number of nitrogens with zero attached hydrogens (tertiary/aromatic N) is 2. The first-order valence-corrected chi connectivity index (χ1v) is 12.0. The second-order valence-electron chi connectivity index (χ2n) is 9.39. The van der Waals surface area contributed by atoms with E-state index in [-0.39, 0.29) is 35.6 Å². The molecule has 2 aliphatic rings. The van der Waals surface area contributed by atoms with Crippen molar-refractivity contribution < 1.29 is 19.1 Å². The fourth-order valence-electron chi connectivity index (χ4n) is 5.33. The van der Waals surface area contributed by atoms with Crippen LogP contribution in [-0.2, 0) is 17.8 Å². The molecule has 186 valence electrons. The molecule has 0 saturated carbocycles. The number of likely N-dealkylation sites (tertiary alicyclic amines) is 1. The number of amides is 2. The molecule has 3 aromatic rings. The molecule has 1 N–H and O–H groups in total. The van der Waals surface area contributed by atoms with E-state index in [9.17, 15) is 14.4 Å². The van der Waals surface area contributed by atoms with Gasteiger partial charge >= 0.3 is 0 Å². The molecular formula is C28H29N3O5. The van der Waals surface area contributed by atoms with E-state index in [4.69, 9.17) is 9.47 Å². The predicted molar refractivity (Wildman–Crippen MR) is 136 cm³/mol. The van der Waals surface area contributed by atoms with Gasteiger partial charge in [0.1, 0.15) is 11.5 Å². The lowest BCUT2D eigenvalue weighted by molar-refractivity contribution is -0.115. The van der Waals surface area contributed by atoms with Crippen molar-refractivity contribution in [1.29, 1.82) is 0 Å². The van der Waals surface area contributed by atoms with E-state index in [2.05, 4.69) is 5.32 Å². The summed E-state index contributed by atoms with van der Waals surface area (Å²) in [5, 5.41) is 3.02. The van der Waals surface area contributed by atoms with E-state index < -0.39 is 0 Å². The molecular weight excluding hydrogens is 458 g/mol. The van der Waals surface area contributed by atoms with Crippen LogP contribution in [0.2, 0.25) is 0 Å². The van der Waals surface area contributed by atoms with E-state index >= 15 is 0 Å². The van der Waals surface area contributed by atoms with Crippen molar-refractivity contribution in [3.63, 3.8) is 0 Å². The Morgan fingerprint density at radius 2 is 1.56 bits per heavy atom. The minimum atomic E-state index is -0.161. The fourth-order valence-corrected chi connectivity index (χ4v) is 5.33. The molecule has 1 aromatic heterocycles. The fraction of sp³-hybridized carbons (Fsp3) is 0.321. The summed E-state index contributed by atoms with van der Waals surface area (Å²) in [6, 6.07) is 17.7. The predicted octanol–water partition coefficient (Wildman–Crippen LogP) is 3.31. The monoisotopic (exact) mass is 487 g/mol. The van der Waals surface area contributed by atoms with E-state index in [1.54, 1.807) is 49.1 Å². The normalized spacial score (nSPS) is 18.2. The van der Waals surface area contributed by atoms with Crippen molar-refractivity contribution in [2.45, 2.75) is 25.3 Å². The highest BCUT2D eigenvalue weighted by Crippen LogP contribution is 2.39. The van der Waals surface area contributed by atoms with Gasteiger partial charge in [-0.1, -0.05) is 12.1 Å². The molecule has 1 saturated heterocycles. The van der Waals surface area contributed by atoms with Crippen molar-refractivity contribution >= 4 is 17.5 Å². The average Bonchev–Trinajstić information content (AvgIpc) is 2.90. The Labute approximate surface area is 209 Å². The number of anilines is 1. The van der Waals surface area contributed by atoms with Gasteiger partial charge in [0.25, 0.3) is 11.5 Å². The summed E-state index contributed by atoms with van der Waals surface area (Å²) < 4.78 is 12.2. The zero-order valence-electron chi connectivity index (χ0n) is 20.4. The van der Waals surface area contributed by atoms with Gasteiger partial charge in [-0.05, 0) is 60.4 Å². The highest BCUT2D eigenvalue weighted by molar-refractivity contribution is 5.95. The lowest BCUT2D eigenvalue weighted by atomic mass is 9.82. The maximum absolute atomic E-state index is 13.3. The number of hydrogen-bond donors (Lipinski definition) is 1. The Kier molecular flexibility index (Phi) is 6.50. The molecule has 1 fully saturated rings. The molecule has 0 aliphatic carbocycles. The second kappa shape index (κ2) is 9.89.